The van der Waals surface area contributed by atoms with Gasteiger partial charge in [-0.1, -0.05) is 0 Å². The van der Waals surface area contributed by atoms with Crippen LogP contribution in [0.4, 0.5) is 5.00 Å². The number of rotatable bonds is 5. The molecule has 1 aliphatic rings. The largest absolute Gasteiger partial charge is 0.467 e. The van der Waals surface area contributed by atoms with Gasteiger partial charge in [0.2, 0.25) is 11.8 Å². The summed E-state index contributed by atoms with van der Waals surface area (Å²) in [5, 5.41) is 3.27. The maximum atomic E-state index is 12.6. The average molecular weight is 376 g/mol. The number of carbonyl (C=O) groups is 3. The minimum absolute atomic E-state index is 0.0896. The molecule has 0 radical (unpaired) electrons. The topological polar surface area (TPSA) is 88.8 Å². The molecule has 2 aromatic rings. The number of esters is 1. The predicted octanol–water partition coefficient (Wildman–Crippen LogP) is 2.73. The molecule has 1 aliphatic heterocycles. The third-order valence-electron chi connectivity index (χ3n) is 4.52. The summed E-state index contributed by atoms with van der Waals surface area (Å²) in [7, 11) is 1.31. The lowest BCUT2D eigenvalue weighted by atomic mass is 10.1. The number of ether oxygens (including phenoxy) is 1. The van der Waals surface area contributed by atoms with Gasteiger partial charge in [0.05, 0.1) is 31.4 Å². The molecule has 3 rings (SSSR count). The number of aryl methyl sites for hydroxylation is 1. The Bertz CT molecular complexity index is 840. The van der Waals surface area contributed by atoms with Crippen LogP contribution in [-0.4, -0.2) is 36.3 Å². The smallest absolute Gasteiger partial charge is 0.341 e. The monoisotopic (exact) mass is 376 g/mol. The van der Waals surface area contributed by atoms with Crippen LogP contribution in [0.1, 0.15) is 33.0 Å². The van der Waals surface area contributed by atoms with E-state index in [9.17, 15) is 14.4 Å². The Morgan fingerprint density at radius 3 is 2.85 bits per heavy atom. The van der Waals surface area contributed by atoms with Crippen molar-refractivity contribution in [2.45, 2.75) is 26.8 Å². The Labute approximate surface area is 154 Å². The molecule has 7 nitrogen and oxygen atoms in total. The Balaban J connectivity index is 1.70. The number of anilines is 1. The fraction of sp³-hybridized carbons (Fsp3) is 0.389. The second kappa shape index (κ2) is 7.33. The Hall–Kier alpha value is -2.61. The first kappa shape index (κ1) is 18.2. The van der Waals surface area contributed by atoms with Crippen LogP contribution in [0.25, 0.3) is 0 Å². The molecule has 1 atom stereocenters. The fourth-order valence-electron chi connectivity index (χ4n) is 2.97. The summed E-state index contributed by atoms with van der Waals surface area (Å²) in [6.07, 6.45) is 1.69. The summed E-state index contributed by atoms with van der Waals surface area (Å²) < 4.78 is 10.1. The number of carbonyl (C=O) groups excluding carboxylic acids is 3. The molecule has 1 saturated heterocycles. The third kappa shape index (κ3) is 3.50. The molecular weight excluding hydrogens is 356 g/mol. The molecule has 0 saturated carbocycles. The van der Waals surface area contributed by atoms with Crippen LogP contribution in [0.3, 0.4) is 0 Å². The molecule has 138 valence electrons. The van der Waals surface area contributed by atoms with Crippen molar-refractivity contribution in [2.24, 2.45) is 5.92 Å². The van der Waals surface area contributed by atoms with Gasteiger partial charge in [0.15, 0.2) is 0 Å². The minimum Gasteiger partial charge on any atom is -0.467 e. The first-order valence-electron chi connectivity index (χ1n) is 8.20. The molecule has 0 unspecified atom stereocenters. The second-order valence-corrected chi connectivity index (χ2v) is 7.45. The lowest BCUT2D eigenvalue weighted by Crippen LogP contribution is -2.28. The molecular formula is C18H20N2O5S. The molecule has 26 heavy (non-hydrogen) atoms. The van der Waals surface area contributed by atoms with Gasteiger partial charge >= 0.3 is 5.97 Å². The van der Waals surface area contributed by atoms with Gasteiger partial charge in [-0.2, -0.15) is 0 Å². The molecule has 1 N–H and O–H groups in total. The highest BCUT2D eigenvalue weighted by atomic mass is 32.1. The predicted molar refractivity (Wildman–Crippen MR) is 96.0 cm³/mol. The Morgan fingerprint density at radius 2 is 2.19 bits per heavy atom. The van der Waals surface area contributed by atoms with E-state index in [2.05, 4.69) is 5.32 Å². The van der Waals surface area contributed by atoms with Crippen LogP contribution in [0.2, 0.25) is 0 Å². The highest BCUT2D eigenvalue weighted by molar-refractivity contribution is 7.16. The summed E-state index contributed by atoms with van der Waals surface area (Å²) >= 11 is 1.33. The van der Waals surface area contributed by atoms with Gasteiger partial charge in [0, 0.05) is 17.8 Å². The van der Waals surface area contributed by atoms with E-state index in [1.165, 1.54) is 18.4 Å². The number of nitrogens with zero attached hydrogens (tertiary/aromatic N) is 1. The summed E-state index contributed by atoms with van der Waals surface area (Å²) in [4.78, 5) is 39.4. The zero-order valence-corrected chi connectivity index (χ0v) is 15.6. The normalized spacial score (nSPS) is 16.8. The highest BCUT2D eigenvalue weighted by Gasteiger charge is 2.35. The number of thiophene rings is 1. The van der Waals surface area contributed by atoms with Gasteiger partial charge in [-0.05, 0) is 31.5 Å². The van der Waals surface area contributed by atoms with Gasteiger partial charge < -0.3 is 19.4 Å². The van der Waals surface area contributed by atoms with Crippen LogP contribution in [0.15, 0.2) is 22.8 Å². The van der Waals surface area contributed by atoms with E-state index in [1.807, 2.05) is 13.8 Å². The third-order valence-corrected chi connectivity index (χ3v) is 5.65. The van der Waals surface area contributed by atoms with Crippen LogP contribution < -0.4 is 5.32 Å². The summed E-state index contributed by atoms with van der Waals surface area (Å²) in [5.74, 6) is -0.633. The van der Waals surface area contributed by atoms with E-state index in [1.54, 1.807) is 23.3 Å². The van der Waals surface area contributed by atoms with E-state index in [0.29, 0.717) is 29.4 Å². The Morgan fingerprint density at radius 1 is 1.42 bits per heavy atom. The van der Waals surface area contributed by atoms with Crippen LogP contribution in [0.5, 0.6) is 0 Å². The number of methoxy groups -OCH3 is 1. The van der Waals surface area contributed by atoms with Gasteiger partial charge in [0.25, 0.3) is 0 Å². The molecule has 0 spiro atoms. The van der Waals surface area contributed by atoms with Crippen molar-refractivity contribution < 1.29 is 23.5 Å². The number of likely N-dealkylation sites (tertiary alicyclic amines) is 1. The van der Waals surface area contributed by atoms with E-state index >= 15 is 0 Å². The van der Waals surface area contributed by atoms with Gasteiger partial charge in [-0.15, -0.1) is 11.3 Å². The van der Waals surface area contributed by atoms with Gasteiger partial charge in [-0.25, -0.2) is 4.79 Å². The van der Waals surface area contributed by atoms with Crippen LogP contribution >= 0.6 is 11.3 Å². The first-order valence-corrected chi connectivity index (χ1v) is 9.01. The van der Waals surface area contributed by atoms with Crippen LogP contribution in [0, 0.1) is 19.8 Å². The van der Waals surface area contributed by atoms with E-state index in [-0.39, 0.29) is 18.2 Å². The summed E-state index contributed by atoms with van der Waals surface area (Å²) in [6.45, 7) is 4.37. The number of hydrogen-bond acceptors (Lipinski definition) is 6. The number of hydrogen-bond donors (Lipinski definition) is 1. The number of furan rings is 1. The molecule has 8 heteroatoms. The van der Waals surface area contributed by atoms with Crippen LogP contribution in [-0.2, 0) is 20.9 Å². The second-order valence-electron chi connectivity index (χ2n) is 6.22. The van der Waals surface area contributed by atoms with Crippen molar-refractivity contribution >= 4 is 34.1 Å². The number of nitrogens with one attached hydrogen (secondary N) is 1. The SMILES string of the molecule is COC(=O)c1c(NC(=O)[C@H]2CC(=O)N(Cc3ccco3)C2)sc(C)c1C. The zero-order chi connectivity index (χ0) is 18.8. The first-order chi connectivity index (χ1) is 12.4. The highest BCUT2D eigenvalue weighted by Crippen LogP contribution is 2.34. The number of amides is 2. The summed E-state index contributed by atoms with van der Waals surface area (Å²) in [5.41, 5.74) is 1.17. The molecule has 0 aromatic carbocycles. The summed E-state index contributed by atoms with van der Waals surface area (Å²) in [6, 6.07) is 3.55. The zero-order valence-electron chi connectivity index (χ0n) is 14.8. The van der Waals surface area contributed by atoms with Crippen molar-refractivity contribution in [3.8, 4) is 0 Å². The van der Waals surface area contributed by atoms with Crippen molar-refractivity contribution in [3.05, 3.63) is 40.2 Å². The molecule has 2 amide bonds. The maximum Gasteiger partial charge on any atom is 0.341 e. The standard InChI is InChI=1S/C18H20N2O5S/c1-10-11(2)26-17(15(10)18(23)24-3)19-16(22)12-7-14(21)20(8-12)9-13-5-4-6-25-13/h4-6,12H,7-9H2,1-3H3,(H,19,22)/t12-/m0/s1. The molecule has 1 fully saturated rings. The van der Waals surface area contributed by atoms with E-state index in [4.69, 9.17) is 9.15 Å². The Kier molecular flexibility index (Phi) is 5.13. The van der Waals surface area contributed by atoms with Crippen molar-refractivity contribution in [3.63, 3.8) is 0 Å². The molecule has 2 aromatic heterocycles. The molecule has 3 heterocycles. The van der Waals surface area contributed by atoms with Gasteiger partial charge in [-0.3, -0.25) is 9.59 Å². The van der Waals surface area contributed by atoms with Crippen molar-refractivity contribution in [1.82, 2.24) is 4.90 Å². The van der Waals surface area contributed by atoms with E-state index < -0.39 is 11.9 Å². The lowest BCUT2D eigenvalue weighted by molar-refractivity contribution is -0.128. The minimum atomic E-state index is -0.482. The maximum absolute atomic E-state index is 12.6. The van der Waals surface area contributed by atoms with Gasteiger partial charge in [0.1, 0.15) is 10.8 Å². The lowest BCUT2D eigenvalue weighted by Gasteiger charge is -2.15. The molecule has 0 bridgehead atoms. The molecule has 0 aliphatic carbocycles. The van der Waals surface area contributed by atoms with Crippen molar-refractivity contribution in [2.75, 3.05) is 19.0 Å². The average Bonchev–Trinajstić information content (AvgIpc) is 3.30. The van der Waals surface area contributed by atoms with Crippen molar-refractivity contribution in [1.29, 1.82) is 0 Å². The quantitative estimate of drug-likeness (QED) is 0.811. The van der Waals surface area contributed by atoms with E-state index in [0.717, 1.165) is 10.4 Å². The fourth-order valence-corrected chi connectivity index (χ4v) is 4.02.